The molecule has 0 saturated carbocycles. The zero-order chi connectivity index (χ0) is 31.5. The summed E-state index contributed by atoms with van der Waals surface area (Å²) < 4.78 is 23.0. The molecule has 0 aromatic rings. The van der Waals surface area contributed by atoms with Crippen LogP contribution in [-0.2, 0) is 18.4 Å². The molecule has 0 fully saturated rings. The van der Waals surface area contributed by atoms with Crippen molar-refractivity contribution in [3.63, 3.8) is 0 Å². The maximum Gasteiger partial charge on any atom is 0.268 e. The van der Waals surface area contributed by atoms with Gasteiger partial charge in [0.1, 0.15) is 13.2 Å². The first kappa shape index (κ1) is 41.2. The number of carbonyl (C=O) groups is 1. The Morgan fingerprint density at radius 2 is 1.31 bits per heavy atom. The maximum absolute atomic E-state index is 12.7. The molecule has 8 nitrogen and oxygen atoms in total. The van der Waals surface area contributed by atoms with E-state index in [0.29, 0.717) is 23.9 Å². The van der Waals surface area contributed by atoms with Crippen LogP contribution >= 0.6 is 7.82 Å². The number of nitrogens with zero attached hydrogens (tertiary/aromatic N) is 1. The molecular formula is C33H67N2O6P. The molecule has 0 saturated heterocycles. The van der Waals surface area contributed by atoms with Crippen LogP contribution in [0.5, 0.6) is 0 Å². The first-order valence-corrected chi connectivity index (χ1v) is 18.5. The van der Waals surface area contributed by atoms with Gasteiger partial charge in [-0.25, -0.2) is 0 Å². The summed E-state index contributed by atoms with van der Waals surface area (Å²) in [6, 6.07) is -0.806. The smallest absolute Gasteiger partial charge is 0.268 e. The molecule has 0 aliphatic rings. The van der Waals surface area contributed by atoms with Crippen LogP contribution in [0.4, 0.5) is 0 Å². The number of nitrogens with one attached hydrogen (secondary N) is 1. The minimum absolute atomic E-state index is 0.00865. The van der Waals surface area contributed by atoms with Crippen molar-refractivity contribution in [2.45, 2.75) is 154 Å². The van der Waals surface area contributed by atoms with E-state index < -0.39 is 20.0 Å². The fourth-order valence-corrected chi connectivity index (χ4v) is 5.40. The van der Waals surface area contributed by atoms with Gasteiger partial charge in [-0.3, -0.25) is 9.36 Å². The van der Waals surface area contributed by atoms with Gasteiger partial charge in [0.25, 0.3) is 7.82 Å². The Balaban J connectivity index is 4.59. The number of phosphoric ester groups is 1. The van der Waals surface area contributed by atoms with E-state index in [-0.39, 0.29) is 19.1 Å². The second kappa shape index (κ2) is 26.6. The van der Waals surface area contributed by atoms with Gasteiger partial charge in [0.2, 0.25) is 5.91 Å². The predicted molar refractivity (Wildman–Crippen MR) is 173 cm³/mol. The third-order valence-corrected chi connectivity index (χ3v) is 8.47. The van der Waals surface area contributed by atoms with Crippen LogP contribution in [0.25, 0.3) is 0 Å². The fourth-order valence-electron chi connectivity index (χ4n) is 4.68. The topological polar surface area (TPSA) is 108 Å². The second-order valence-corrected chi connectivity index (χ2v) is 14.3. The first-order valence-electron chi connectivity index (χ1n) is 17.0. The normalized spacial score (nSPS) is 15.1. The number of quaternary nitrogens is 1. The van der Waals surface area contributed by atoms with Crippen molar-refractivity contribution in [1.82, 2.24) is 5.32 Å². The van der Waals surface area contributed by atoms with E-state index in [1.165, 1.54) is 70.6 Å². The lowest BCUT2D eigenvalue weighted by atomic mass is 10.0. The summed E-state index contributed by atoms with van der Waals surface area (Å²) >= 11 is 0. The number of amides is 1. The third kappa shape index (κ3) is 28.0. The molecule has 0 spiro atoms. The Hall–Kier alpha value is -0.760. The Morgan fingerprint density at radius 1 is 0.810 bits per heavy atom. The SMILES string of the molecule is CCCCCC/C=C/CCCC[C@@H](O)[C@H](COP(=O)([O-])OCC[N+](C)(C)C)NC(=O)CCCCCCCCCCCC. The van der Waals surface area contributed by atoms with E-state index in [0.717, 1.165) is 44.9 Å². The van der Waals surface area contributed by atoms with Crippen LogP contribution in [-0.4, -0.2) is 68.5 Å². The first-order chi connectivity index (χ1) is 20.0. The summed E-state index contributed by atoms with van der Waals surface area (Å²) in [4.78, 5) is 25.0. The Morgan fingerprint density at radius 3 is 1.86 bits per heavy atom. The molecule has 250 valence electrons. The predicted octanol–water partition coefficient (Wildman–Crippen LogP) is 7.44. The molecule has 0 bridgehead atoms. The number of hydrogen-bond donors (Lipinski definition) is 2. The monoisotopic (exact) mass is 618 g/mol. The van der Waals surface area contributed by atoms with Crippen LogP contribution in [0.1, 0.15) is 142 Å². The maximum atomic E-state index is 12.7. The van der Waals surface area contributed by atoms with E-state index in [1.54, 1.807) is 0 Å². The highest BCUT2D eigenvalue weighted by Crippen LogP contribution is 2.38. The summed E-state index contributed by atoms with van der Waals surface area (Å²) in [6.07, 6.45) is 25.0. The van der Waals surface area contributed by atoms with Gasteiger partial charge >= 0.3 is 0 Å². The summed E-state index contributed by atoms with van der Waals surface area (Å²) in [5, 5.41) is 13.7. The van der Waals surface area contributed by atoms with Crippen molar-refractivity contribution in [1.29, 1.82) is 0 Å². The Bertz CT molecular complexity index is 713. The van der Waals surface area contributed by atoms with Gasteiger partial charge in [0.05, 0.1) is 39.9 Å². The molecule has 9 heteroatoms. The number of carbonyl (C=O) groups excluding carboxylic acids is 1. The van der Waals surface area contributed by atoms with Crippen molar-refractivity contribution >= 4 is 13.7 Å². The Kier molecular flexibility index (Phi) is 26.1. The molecule has 0 aromatic heterocycles. The van der Waals surface area contributed by atoms with E-state index in [1.807, 2.05) is 21.1 Å². The van der Waals surface area contributed by atoms with E-state index in [9.17, 15) is 19.4 Å². The number of hydrogen-bond acceptors (Lipinski definition) is 6. The number of likely N-dealkylation sites (N-methyl/N-ethyl adjacent to an activating group) is 1. The summed E-state index contributed by atoms with van der Waals surface area (Å²) in [6.45, 7) is 4.62. The lowest BCUT2D eigenvalue weighted by Crippen LogP contribution is -2.46. The second-order valence-electron chi connectivity index (χ2n) is 12.9. The van der Waals surface area contributed by atoms with Crippen LogP contribution in [0.15, 0.2) is 12.2 Å². The molecule has 0 aliphatic heterocycles. The highest BCUT2D eigenvalue weighted by atomic mass is 31.2. The molecule has 42 heavy (non-hydrogen) atoms. The highest BCUT2D eigenvalue weighted by Gasteiger charge is 2.24. The minimum Gasteiger partial charge on any atom is -0.756 e. The van der Waals surface area contributed by atoms with Crippen molar-refractivity contribution in [2.75, 3.05) is 40.9 Å². The lowest BCUT2D eigenvalue weighted by Gasteiger charge is -2.30. The number of allylic oxidation sites excluding steroid dienone is 2. The number of aliphatic hydroxyl groups excluding tert-OH is 1. The number of aliphatic hydroxyl groups is 1. The Labute approximate surface area is 259 Å². The average Bonchev–Trinajstić information content (AvgIpc) is 2.92. The molecule has 0 aliphatic carbocycles. The average molecular weight is 619 g/mol. The molecule has 1 unspecified atom stereocenters. The van der Waals surface area contributed by atoms with Gasteiger partial charge in [-0.2, -0.15) is 0 Å². The number of unbranched alkanes of at least 4 members (excludes halogenated alkanes) is 15. The van der Waals surface area contributed by atoms with Crippen LogP contribution in [0.3, 0.4) is 0 Å². The van der Waals surface area contributed by atoms with Gasteiger partial charge in [-0.05, 0) is 38.5 Å². The molecule has 0 aromatic carbocycles. The minimum atomic E-state index is -4.55. The van der Waals surface area contributed by atoms with Gasteiger partial charge in [-0.15, -0.1) is 0 Å². The van der Waals surface area contributed by atoms with Crippen LogP contribution in [0.2, 0.25) is 0 Å². The van der Waals surface area contributed by atoms with Crippen LogP contribution in [0, 0.1) is 0 Å². The van der Waals surface area contributed by atoms with Gasteiger partial charge in [0, 0.05) is 6.42 Å². The molecular weight excluding hydrogens is 551 g/mol. The molecule has 0 rings (SSSR count). The summed E-state index contributed by atoms with van der Waals surface area (Å²) in [5.41, 5.74) is 0. The number of phosphoric acid groups is 1. The fraction of sp³-hybridized carbons (Fsp3) is 0.909. The van der Waals surface area contributed by atoms with E-state index in [2.05, 4.69) is 31.3 Å². The van der Waals surface area contributed by atoms with Crippen LogP contribution < -0.4 is 10.2 Å². The van der Waals surface area contributed by atoms with Gasteiger partial charge < -0.3 is 28.8 Å². The quantitative estimate of drug-likeness (QED) is 0.0375. The van der Waals surface area contributed by atoms with Gasteiger partial charge in [0.15, 0.2) is 0 Å². The van der Waals surface area contributed by atoms with Crippen molar-refractivity contribution in [3.8, 4) is 0 Å². The van der Waals surface area contributed by atoms with Gasteiger partial charge in [-0.1, -0.05) is 109 Å². The molecule has 1 amide bonds. The molecule has 0 heterocycles. The van der Waals surface area contributed by atoms with Crippen molar-refractivity contribution in [3.05, 3.63) is 12.2 Å². The van der Waals surface area contributed by atoms with E-state index in [4.69, 9.17) is 9.05 Å². The van der Waals surface area contributed by atoms with E-state index >= 15 is 0 Å². The standard InChI is InChI=1S/C33H67N2O6P/c1-6-8-10-12-14-16-18-20-22-24-26-32(36)31(30-41-42(38,39)40-29-28-35(3,4)5)34-33(37)27-25-23-21-19-17-15-13-11-9-7-2/h16,18,31-32,36H,6-15,17,19-30H2,1-5H3,(H-,34,37,38,39)/b18-16+/t31-,32+/m0/s1. The summed E-state index contributed by atoms with van der Waals surface area (Å²) in [5.74, 6) is -0.181. The zero-order valence-corrected chi connectivity index (χ0v) is 28.9. The van der Waals surface area contributed by atoms with Crippen molar-refractivity contribution in [2.24, 2.45) is 0 Å². The van der Waals surface area contributed by atoms with Crippen molar-refractivity contribution < 1.29 is 32.9 Å². The zero-order valence-electron chi connectivity index (χ0n) is 28.0. The highest BCUT2D eigenvalue weighted by molar-refractivity contribution is 7.45. The summed E-state index contributed by atoms with van der Waals surface area (Å²) in [7, 11) is 1.28. The third-order valence-electron chi connectivity index (χ3n) is 7.50. The molecule has 0 radical (unpaired) electrons. The lowest BCUT2D eigenvalue weighted by molar-refractivity contribution is -0.870. The molecule has 2 N–H and O–H groups in total. The largest absolute Gasteiger partial charge is 0.756 e. The molecule has 3 atom stereocenters. The number of rotatable bonds is 30.